The van der Waals surface area contributed by atoms with Crippen LogP contribution in [0.2, 0.25) is 0 Å². The second kappa shape index (κ2) is 9.70. The third-order valence-corrected chi connectivity index (χ3v) is 6.67. The largest absolute Gasteiger partial charge is 0.497 e. The van der Waals surface area contributed by atoms with Gasteiger partial charge in [0.2, 0.25) is 5.91 Å². The van der Waals surface area contributed by atoms with E-state index in [4.69, 9.17) is 4.74 Å². The van der Waals surface area contributed by atoms with Gasteiger partial charge in [-0.05, 0) is 85.7 Å². The Balaban J connectivity index is 1.73. The van der Waals surface area contributed by atoms with Crippen LogP contribution < -0.4 is 14.5 Å². The van der Waals surface area contributed by atoms with Crippen LogP contribution in [0.1, 0.15) is 46.6 Å². The average molecular weight is 443 g/mol. The van der Waals surface area contributed by atoms with E-state index in [1.807, 2.05) is 25.1 Å². The molecule has 0 spiro atoms. The SMILES string of the molecule is COc1ccc2c(c1)C(C(=O)N(Cc1ccc(N(C)C)cc1)c1ccc(C)cc1C)CCC2. The number of ether oxygens (including phenoxy) is 1. The molecule has 0 fully saturated rings. The summed E-state index contributed by atoms with van der Waals surface area (Å²) in [7, 11) is 5.76. The van der Waals surface area contributed by atoms with Crippen molar-refractivity contribution < 1.29 is 9.53 Å². The van der Waals surface area contributed by atoms with Gasteiger partial charge in [-0.1, -0.05) is 35.9 Å². The number of anilines is 2. The van der Waals surface area contributed by atoms with E-state index >= 15 is 0 Å². The number of rotatable bonds is 6. The van der Waals surface area contributed by atoms with Gasteiger partial charge < -0.3 is 14.5 Å². The lowest BCUT2D eigenvalue weighted by molar-refractivity contribution is -0.120. The molecule has 4 heteroatoms. The first kappa shape index (κ1) is 22.9. The first-order valence-electron chi connectivity index (χ1n) is 11.7. The molecule has 0 saturated heterocycles. The predicted molar refractivity (Wildman–Crippen MR) is 137 cm³/mol. The molecule has 1 unspecified atom stereocenters. The maximum atomic E-state index is 14.2. The molecule has 4 nitrogen and oxygen atoms in total. The van der Waals surface area contributed by atoms with Crippen LogP contribution >= 0.6 is 0 Å². The van der Waals surface area contributed by atoms with Gasteiger partial charge >= 0.3 is 0 Å². The number of fused-ring (bicyclic) bond motifs is 1. The molecule has 0 aromatic heterocycles. The summed E-state index contributed by atoms with van der Waals surface area (Å²) in [6, 6.07) is 21.0. The van der Waals surface area contributed by atoms with Crippen LogP contribution in [0.4, 0.5) is 11.4 Å². The second-order valence-electron chi connectivity index (χ2n) is 9.28. The predicted octanol–water partition coefficient (Wildman–Crippen LogP) is 6.03. The first-order valence-corrected chi connectivity index (χ1v) is 11.7. The normalized spacial score (nSPS) is 15.0. The quantitative estimate of drug-likeness (QED) is 0.467. The van der Waals surface area contributed by atoms with E-state index < -0.39 is 0 Å². The number of amides is 1. The fraction of sp³-hybridized carbons (Fsp3) is 0.345. The molecule has 0 bridgehead atoms. The van der Waals surface area contributed by atoms with Gasteiger partial charge in [0.05, 0.1) is 19.6 Å². The standard InChI is InChI=1S/C29H34N2O2/c1-20-9-16-28(21(2)17-20)31(19-22-10-13-24(14-11-22)30(3)4)29(32)26-8-6-7-23-12-15-25(33-5)18-27(23)26/h9-18,26H,6-8,19H2,1-5H3. The molecule has 0 saturated carbocycles. The molecular weight excluding hydrogens is 408 g/mol. The minimum atomic E-state index is -0.161. The number of carbonyl (C=O) groups is 1. The lowest BCUT2D eigenvalue weighted by Gasteiger charge is -2.32. The monoisotopic (exact) mass is 442 g/mol. The molecular formula is C29H34N2O2. The molecule has 4 rings (SSSR count). The maximum absolute atomic E-state index is 14.2. The zero-order valence-corrected chi connectivity index (χ0v) is 20.4. The van der Waals surface area contributed by atoms with Gasteiger partial charge in [0, 0.05) is 25.5 Å². The topological polar surface area (TPSA) is 32.8 Å². The summed E-state index contributed by atoms with van der Waals surface area (Å²) < 4.78 is 5.48. The zero-order chi connectivity index (χ0) is 23.5. The Kier molecular flexibility index (Phi) is 6.73. The van der Waals surface area contributed by atoms with Gasteiger partial charge in [0.25, 0.3) is 0 Å². The van der Waals surface area contributed by atoms with Gasteiger partial charge in [0.15, 0.2) is 0 Å². The number of carbonyl (C=O) groups excluding carboxylic acids is 1. The van der Waals surface area contributed by atoms with Gasteiger partial charge in [-0.15, -0.1) is 0 Å². The fourth-order valence-corrected chi connectivity index (χ4v) is 4.82. The Bertz CT molecular complexity index is 1130. The molecule has 33 heavy (non-hydrogen) atoms. The summed E-state index contributed by atoms with van der Waals surface area (Å²) in [6.45, 7) is 4.73. The van der Waals surface area contributed by atoms with Crippen LogP contribution in [-0.2, 0) is 17.8 Å². The van der Waals surface area contributed by atoms with Crippen molar-refractivity contribution in [3.8, 4) is 5.75 Å². The molecule has 0 N–H and O–H groups in total. The van der Waals surface area contributed by atoms with E-state index in [2.05, 4.69) is 73.3 Å². The van der Waals surface area contributed by atoms with Gasteiger partial charge in [-0.25, -0.2) is 0 Å². The summed E-state index contributed by atoms with van der Waals surface area (Å²) in [6.07, 6.45) is 2.90. The Morgan fingerprint density at radius 1 is 1.00 bits per heavy atom. The van der Waals surface area contributed by atoms with Gasteiger partial charge in [0.1, 0.15) is 5.75 Å². The number of methoxy groups -OCH3 is 1. The average Bonchev–Trinajstić information content (AvgIpc) is 2.82. The summed E-state index contributed by atoms with van der Waals surface area (Å²) in [5, 5.41) is 0. The molecule has 1 aliphatic rings. The lowest BCUT2D eigenvalue weighted by Crippen LogP contribution is -2.36. The number of hydrogen-bond donors (Lipinski definition) is 0. The Hall–Kier alpha value is -3.27. The van der Waals surface area contributed by atoms with Crippen molar-refractivity contribution in [2.75, 3.05) is 31.0 Å². The highest BCUT2D eigenvalue weighted by Crippen LogP contribution is 2.37. The molecule has 0 heterocycles. The summed E-state index contributed by atoms with van der Waals surface area (Å²) >= 11 is 0. The van der Waals surface area contributed by atoms with Crippen LogP contribution in [0.5, 0.6) is 5.75 Å². The third-order valence-electron chi connectivity index (χ3n) is 6.67. The van der Waals surface area contributed by atoms with E-state index in [1.54, 1.807) is 7.11 Å². The third kappa shape index (κ3) is 4.90. The molecule has 0 radical (unpaired) electrons. The summed E-state index contributed by atoms with van der Waals surface area (Å²) in [5.74, 6) is 0.809. The van der Waals surface area contributed by atoms with Crippen molar-refractivity contribution in [1.82, 2.24) is 0 Å². The molecule has 1 amide bonds. The van der Waals surface area contributed by atoms with Crippen molar-refractivity contribution in [3.63, 3.8) is 0 Å². The van der Waals surface area contributed by atoms with E-state index in [9.17, 15) is 4.79 Å². The van der Waals surface area contributed by atoms with E-state index in [1.165, 1.54) is 11.1 Å². The minimum absolute atomic E-state index is 0.160. The highest BCUT2D eigenvalue weighted by Gasteiger charge is 2.32. The van der Waals surface area contributed by atoms with Crippen LogP contribution in [0.25, 0.3) is 0 Å². The van der Waals surface area contributed by atoms with Crippen LogP contribution in [-0.4, -0.2) is 27.1 Å². The number of nitrogens with zero attached hydrogens (tertiary/aromatic N) is 2. The van der Waals surface area contributed by atoms with E-state index in [0.717, 1.165) is 53.1 Å². The van der Waals surface area contributed by atoms with Crippen molar-refractivity contribution >= 4 is 17.3 Å². The van der Waals surface area contributed by atoms with Crippen LogP contribution in [0.15, 0.2) is 60.7 Å². The van der Waals surface area contributed by atoms with Gasteiger partial charge in [-0.3, -0.25) is 4.79 Å². The first-order chi connectivity index (χ1) is 15.9. The van der Waals surface area contributed by atoms with E-state index in [0.29, 0.717) is 6.54 Å². The maximum Gasteiger partial charge on any atom is 0.234 e. The minimum Gasteiger partial charge on any atom is -0.497 e. The highest BCUT2D eigenvalue weighted by atomic mass is 16.5. The van der Waals surface area contributed by atoms with Gasteiger partial charge in [-0.2, -0.15) is 0 Å². The van der Waals surface area contributed by atoms with Crippen LogP contribution in [0.3, 0.4) is 0 Å². The Morgan fingerprint density at radius 3 is 2.42 bits per heavy atom. The number of benzene rings is 3. The summed E-state index contributed by atoms with van der Waals surface area (Å²) in [4.78, 5) is 18.2. The molecule has 1 atom stereocenters. The number of aryl methyl sites for hydroxylation is 3. The lowest BCUT2D eigenvalue weighted by atomic mass is 9.81. The molecule has 0 aliphatic heterocycles. The number of hydrogen-bond acceptors (Lipinski definition) is 3. The summed E-state index contributed by atoms with van der Waals surface area (Å²) in [5.41, 5.74) is 7.95. The van der Waals surface area contributed by atoms with Crippen LogP contribution in [0, 0.1) is 13.8 Å². The zero-order valence-electron chi connectivity index (χ0n) is 20.4. The Morgan fingerprint density at radius 2 is 1.76 bits per heavy atom. The second-order valence-corrected chi connectivity index (χ2v) is 9.28. The van der Waals surface area contributed by atoms with E-state index in [-0.39, 0.29) is 11.8 Å². The smallest absolute Gasteiger partial charge is 0.234 e. The highest BCUT2D eigenvalue weighted by molar-refractivity contribution is 5.99. The Labute approximate surface area is 197 Å². The molecule has 3 aromatic carbocycles. The van der Waals surface area contributed by atoms with Crippen molar-refractivity contribution in [2.24, 2.45) is 0 Å². The molecule has 172 valence electrons. The van der Waals surface area contributed by atoms with Crippen molar-refractivity contribution in [2.45, 2.75) is 45.6 Å². The fourth-order valence-electron chi connectivity index (χ4n) is 4.82. The molecule has 1 aliphatic carbocycles. The van der Waals surface area contributed by atoms with Crippen molar-refractivity contribution in [1.29, 1.82) is 0 Å². The molecule has 3 aromatic rings. The van der Waals surface area contributed by atoms with Crippen molar-refractivity contribution in [3.05, 3.63) is 88.5 Å².